The topological polar surface area (TPSA) is 32.5 Å². The molecule has 1 aliphatic rings. The molecule has 5 rings (SSSR count). The van der Waals surface area contributed by atoms with Crippen molar-refractivity contribution in [3.05, 3.63) is 67.5 Å². The first-order chi connectivity index (χ1) is 13.2. The zero-order chi connectivity index (χ0) is 19.0. The molecule has 4 nitrogen and oxygen atoms in total. The van der Waals surface area contributed by atoms with Gasteiger partial charge in [-0.15, -0.1) is 6.67 Å². The monoisotopic (exact) mass is 562 g/mol. The van der Waals surface area contributed by atoms with Crippen molar-refractivity contribution in [3.63, 3.8) is 0 Å². The van der Waals surface area contributed by atoms with E-state index in [1.807, 2.05) is 25.1 Å². The second kappa shape index (κ2) is 7.83. The van der Waals surface area contributed by atoms with Gasteiger partial charge in [-0.05, 0) is 50.2 Å². The molecule has 0 N–H and O–H groups in total. The number of para-hydroxylation sites is 3. The van der Waals surface area contributed by atoms with E-state index in [0.717, 1.165) is 27.7 Å². The maximum atomic E-state index is 6.12. The third-order valence-electron chi connectivity index (χ3n) is 4.73. The Kier molecular flexibility index (Phi) is 5.46. The summed E-state index contributed by atoms with van der Waals surface area (Å²) in [5, 5.41) is 2.14. The Bertz CT molecular complexity index is 1100. The quantitative estimate of drug-likeness (QED) is 0.162. The summed E-state index contributed by atoms with van der Waals surface area (Å²) in [5.74, 6) is 0. The van der Waals surface area contributed by atoms with Crippen LogP contribution in [0.4, 0.5) is 17.1 Å². The predicted molar refractivity (Wildman–Crippen MR) is 116 cm³/mol. The summed E-state index contributed by atoms with van der Waals surface area (Å²) < 4.78 is 6.12. The molecule has 3 heterocycles. The zero-order valence-corrected chi connectivity index (χ0v) is 18.5. The first-order valence-corrected chi connectivity index (χ1v) is 13.0. The second-order valence-electron chi connectivity index (χ2n) is 6.59. The average Bonchev–Trinajstić information content (AvgIpc) is 3.28. The standard InChI is InChI=1S/C21H18N3O.Ag.HI/c1-14(2)23-13-24(18-10-4-3-9-17(18)23)19-11-5-7-15-16-8-6-12-22-21(16)25-20(15)19;;/h3-14H,1-2H3;;1H/q-1;+1;/p-1. The van der Waals surface area contributed by atoms with E-state index in [4.69, 9.17) is 4.42 Å². The first-order valence-electron chi connectivity index (χ1n) is 8.63. The van der Waals surface area contributed by atoms with E-state index in [-0.39, 0.29) is 0 Å². The number of fused-ring (bicyclic) bond motifs is 4. The number of nitrogens with zero attached hydrogens (tertiary/aromatic N) is 3. The van der Waals surface area contributed by atoms with Gasteiger partial charge < -0.3 is 14.2 Å². The van der Waals surface area contributed by atoms with Crippen LogP contribution in [0.15, 0.2) is 65.2 Å². The summed E-state index contributed by atoms with van der Waals surface area (Å²) >= 11 is 4.88. The number of benzene rings is 2. The van der Waals surface area contributed by atoms with E-state index < -0.39 is 0 Å². The molecule has 0 saturated heterocycles. The Balaban J connectivity index is 0.000000872. The molecular weight excluding hydrogens is 545 g/mol. The number of aromatic nitrogens is 1. The molecule has 0 aliphatic carbocycles. The average molecular weight is 563 g/mol. The molecule has 0 unspecified atom stereocenters. The summed E-state index contributed by atoms with van der Waals surface area (Å²) in [5.41, 5.74) is 4.96. The summed E-state index contributed by atoms with van der Waals surface area (Å²) in [6.07, 6.45) is 1.77. The van der Waals surface area contributed by atoms with Crippen molar-refractivity contribution >= 4 is 58.2 Å². The Labute approximate surface area is 181 Å². The van der Waals surface area contributed by atoms with Crippen LogP contribution in [0.25, 0.3) is 22.1 Å². The van der Waals surface area contributed by atoms with Gasteiger partial charge in [0.2, 0.25) is 5.71 Å². The number of furan rings is 1. The van der Waals surface area contributed by atoms with Crippen molar-refractivity contribution < 1.29 is 21.7 Å². The molecule has 0 amide bonds. The Hall–Kier alpha value is -1.54. The van der Waals surface area contributed by atoms with Gasteiger partial charge >= 0.3 is 36.3 Å². The third-order valence-corrected chi connectivity index (χ3v) is 4.73. The van der Waals surface area contributed by atoms with Crippen molar-refractivity contribution in [1.82, 2.24) is 4.98 Å². The second-order valence-corrected chi connectivity index (χ2v) is 6.59. The van der Waals surface area contributed by atoms with Crippen molar-refractivity contribution in [2.75, 3.05) is 9.80 Å². The minimum absolute atomic E-state index is 0.377. The molecule has 1 aliphatic heterocycles. The van der Waals surface area contributed by atoms with Gasteiger partial charge in [0.05, 0.1) is 5.69 Å². The Morgan fingerprint density at radius 1 is 0.926 bits per heavy atom. The van der Waals surface area contributed by atoms with E-state index in [9.17, 15) is 0 Å². The fourth-order valence-corrected chi connectivity index (χ4v) is 3.55. The first kappa shape index (κ1) is 18.8. The summed E-state index contributed by atoms with van der Waals surface area (Å²) in [6.45, 7) is 6.55. The van der Waals surface area contributed by atoms with Crippen molar-refractivity contribution in [2.45, 2.75) is 19.9 Å². The van der Waals surface area contributed by atoms with Gasteiger partial charge in [-0.25, -0.2) is 4.98 Å². The van der Waals surface area contributed by atoms with Crippen molar-refractivity contribution in [1.29, 1.82) is 0 Å². The fraction of sp³-hybridized carbons (Fsp3) is 0.143. The van der Waals surface area contributed by atoms with Crippen LogP contribution in [-0.4, -0.2) is 11.0 Å². The van der Waals surface area contributed by atoms with Crippen LogP contribution in [0.5, 0.6) is 0 Å². The van der Waals surface area contributed by atoms with Crippen LogP contribution in [0.3, 0.4) is 0 Å². The molecule has 2 aromatic carbocycles. The van der Waals surface area contributed by atoms with Gasteiger partial charge in [0.15, 0.2) is 5.58 Å². The molecule has 4 aromatic rings. The van der Waals surface area contributed by atoms with Gasteiger partial charge in [-0.2, -0.15) is 0 Å². The van der Waals surface area contributed by atoms with Gasteiger partial charge in [0.1, 0.15) is 0 Å². The Morgan fingerprint density at radius 2 is 1.63 bits per heavy atom. The van der Waals surface area contributed by atoms with Crippen LogP contribution in [-0.2, 0) is 17.3 Å². The SMILES string of the molecule is CC(C)N1[CH-]N(c2cccc3c2oc2ncccc23)c2ccccc21.[Ag][I]. The summed E-state index contributed by atoms with van der Waals surface area (Å²) in [7, 11) is 0. The van der Waals surface area contributed by atoms with E-state index >= 15 is 0 Å². The van der Waals surface area contributed by atoms with Gasteiger partial charge in [-0.3, -0.25) is 0 Å². The minimum atomic E-state index is 0.377. The van der Waals surface area contributed by atoms with E-state index in [1.54, 1.807) is 6.20 Å². The van der Waals surface area contributed by atoms with E-state index in [2.05, 4.69) is 101 Å². The number of rotatable bonds is 2. The number of hydrogen-bond donors (Lipinski definition) is 0. The number of hydrogen-bond acceptors (Lipinski definition) is 4. The van der Waals surface area contributed by atoms with Crippen LogP contribution in [0.2, 0.25) is 0 Å². The molecule has 0 saturated carbocycles. The summed E-state index contributed by atoms with van der Waals surface area (Å²) in [6, 6.07) is 19.1. The number of pyridine rings is 1. The normalized spacial score (nSPS) is 13.3. The molecular formula is C21H18AgIN3O-. The molecule has 6 heteroatoms. The molecule has 0 fully saturated rings. The van der Waals surface area contributed by atoms with Crippen LogP contribution in [0, 0.1) is 6.67 Å². The predicted octanol–water partition coefficient (Wildman–Crippen LogP) is 6.35. The molecule has 0 spiro atoms. The maximum absolute atomic E-state index is 6.12. The third kappa shape index (κ3) is 3.16. The summed E-state index contributed by atoms with van der Waals surface area (Å²) in [4.78, 5) is 8.86. The van der Waals surface area contributed by atoms with Crippen molar-refractivity contribution in [2.24, 2.45) is 0 Å². The molecule has 142 valence electrons. The molecule has 0 atom stereocenters. The van der Waals surface area contributed by atoms with Crippen molar-refractivity contribution in [3.8, 4) is 0 Å². The van der Waals surface area contributed by atoms with Crippen LogP contribution >= 0.6 is 19.0 Å². The van der Waals surface area contributed by atoms with E-state index in [0.29, 0.717) is 11.8 Å². The molecule has 27 heavy (non-hydrogen) atoms. The molecule has 2 aromatic heterocycles. The number of halogens is 1. The van der Waals surface area contributed by atoms with E-state index in [1.165, 1.54) is 5.69 Å². The zero-order valence-electron chi connectivity index (χ0n) is 14.9. The van der Waals surface area contributed by atoms with Crippen LogP contribution < -0.4 is 9.80 Å². The molecule has 0 radical (unpaired) electrons. The molecule has 0 bridgehead atoms. The number of anilines is 3. The fourth-order valence-electron chi connectivity index (χ4n) is 3.55. The van der Waals surface area contributed by atoms with Crippen LogP contribution in [0.1, 0.15) is 13.8 Å². The van der Waals surface area contributed by atoms with Gasteiger partial charge in [-0.1, -0.05) is 24.3 Å². The Morgan fingerprint density at radius 3 is 2.41 bits per heavy atom. The van der Waals surface area contributed by atoms with Gasteiger partial charge in [0, 0.05) is 28.3 Å². The van der Waals surface area contributed by atoms with Gasteiger partial charge in [0.25, 0.3) is 0 Å².